The summed E-state index contributed by atoms with van der Waals surface area (Å²) in [6.07, 6.45) is 0.991. The Morgan fingerprint density at radius 1 is 1.16 bits per heavy atom. The summed E-state index contributed by atoms with van der Waals surface area (Å²) in [5, 5.41) is 11.8. The molecule has 1 unspecified atom stereocenters. The number of carbonyl (C=O) groups excluding carboxylic acids is 3. The molecule has 196 valence electrons. The van der Waals surface area contributed by atoms with E-state index in [2.05, 4.69) is 10.3 Å². The van der Waals surface area contributed by atoms with Crippen molar-refractivity contribution in [3.05, 3.63) is 65.2 Å². The van der Waals surface area contributed by atoms with Crippen LogP contribution in [0.3, 0.4) is 0 Å². The Morgan fingerprint density at radius 3 is 2.34 bits per heavy atom. The summed E-state index contributed by atoms with van der Waals surface area (Å²) in [7, 11) is 3.00. The van der Waals surface area contributed by atoms with Crippen molar-refractivity contribution < 1.29 is 60.0 Å². The number of piperidine rings is 1. The van der Waals surface area contributed by atoms with Gasteiger partial charge in [0.1, 0.15) is 6.61 Å². The van der Waals surface area contributed by atoms with E-state index in [0.717, 1.165) is 0 Å². The second-order valence-corrected chi connectivity index (χ2v) is 9.11. The van der Waals surface area contributed by atoms with Gasteiger partial charge in [-0.3, -0.25) is 19.3 Å². The van der Waals surface area contributed by atoms with Crippen molar-refractivity contribution >= 4 is 35.3 Å². The zero-order valence-corrected chi connectivity index (χ0v) is 23.6. The number of nitrogens with two attached hydrogens (primary N) is 1. The summed E-state index contributed by atoms with van der Waals surface area (Å²) in [5.41, 5.74) is 6.44. The van der Waals surface area contributed by atoms with Crippen molar-refractivity contribution in [3.8, 4) is 0 Å². The van der Waals surface area contributed by atoms with Gasteiger partial charge in [0.2, 0.25) is 5.91 Å². The van der Waals surface area contributed by atoms with Crippen molar-refractivity contribution in [1.82, 2.24) is 9.80 Å². The predicted octanol–water partition coefficient (Wildman–Crippen LogP) is -1.38. The predicted molar refractivity (Wildman–Crippen MR) is 136 cm³/mol. The Hall–Kier alpha value is -3.25. The minimum atomic E-state index is -1.28. The normalized spacial score (nSPS) is 19.5. The van der Waals surface area contributed by atoms with Gasteiger partial charge in [-0.15, -0.1) is 0 Å². The molecule has 2 aliphatic heterocycles. The van der Waals surface area contributed by atoms with E-state index in [1.165, 1.54) is 36.3 Å². The summed E-state index contributed by atoms with van der Waals surface area (Å²) >= 11 is 0. The minimum Gasteiger partial charge on any atom is -1.00 e. The first-order valence-electron chi connectivity index (χ1n) is 11.8. The number of carboxylic acid groups (broad SMARTS) is 1. The van der Waals surface area contributed by atoms with Crippen LogP contribution in [-0.4, -0.2) is 78.4 Å². The van der Waals surface area contributed by atoms with Crippen LogP contribution in [0, 0.1) is 5.92 Å². The maximum Gasteiger partial charge on any atom is 1.00 e. The number of amides is 3. The van der Waals surface area contributed by atoms with Crippen LogP contribution in [-0.2, 0) is 19.9 Å². The molecule has 11 nitrogen and oxygen atoms in total. The Kier molecular flexibility index (Phi) is 9.31. The van der Waals surface area contributed by atoms with Crippen molar-refractivity contribution in [2.24, 2.45) is 16.6 Å². The van der Waals surface area contributed by atoms with Gasteiger partial charge in [0.05, 0.1) is 5.56 Å². The van der Waals surface area contributed by atoms with Crippen LogP contribution in [0.4, 0.5) is 5.69 Å². The second kappa shape index (κ2) is 12.1. The zero-order valence-electron chi connectivity index (χ0n) is 22.6. The Balaban J connectivity index is 0.00000267. The number of anilines is 1. The van der Waals surface area contributed by atoms with E-state index in [-0.39, 0.29) is 72.8 Å². The van der Waals surface area contributed by atoms with Gasteiger partial charge in [-0.25, -0.2) is 9.79 Å². The first-order valence-corrected chi connectivity index (χ1v) is 11.8. The second-order valence-electron chi connectivity index (χ2n) is 9.11. The van der Waals surface area contributed by atoms with Crippen LogP contribution in [0.25, 0.3) is 0 Å². The Morgan fingerprint density at radius 2 is 1.79 bits per heavy atom. The van der Waals surface area contributed by atoms with Gasteiger partial charge in [-0.2, -0.15) is 0 Å². The van der Waals surface area contributed by atoms with Gasteiger partial charge in [0.25, 0.3) is 11.8 Å². The standard InChI is InChI=1S/C26H29N5O6.Na.H/c1-30-24(36)26(29-25(30)27,19-4-3-5-20(14-19)28-21(32)15-37-2)18-10-12-31(13-11-18)22(33)16-6-8-17(9-7-16)23(34)35;;/h3-9,14,18H,10-13,15H2,1-2H3,(H2,27,29)(H,28,32)(H,34,35);;/q;+1;-1. The van der Waals surface area contributed by atoms with Crippen LogP contribution < -0.4 is 40.6 Å². The summed E-state index contributed by atoms with van der Waals surface area (Å²) in [6, 6.07) is 12.8. The van der Waals surface area contributed by atoms with E-state index >= 15 is 0 Å². The molecule has 4 N–H and O–H groups in total. The first kappa shape index (κ1) is 29.3. The van der Waals surface area contributed by atoms with Gasteiger partial charge in [-0.05, 0) is 54.8 Å². The third-order valence-electron chi connectivity index (χ3n) is 6.88. The fourth-order valence-electron chi connectivity index (χ4n) is 4.95. The van der Waals surface area contributed by atoms with Crippen LogP contribution in [0.15, 0.2) is 53.5 Å². The number of carboxylic acids is 1. The molecule has 1 saturated heterocycles. The van der Waals surface area contributed by atoms with E-state index in [0.29, 0.717) is 42.7 Å². The largest absolute Gasteiger partial charge is 1.00 e. The molecular weight excluding hydrogens is 501 g/mol. The number of guanidine groups is 1. The van der Waals surface area contributed by atoms with Crippen molar-refractivity contribution in [2.45, 2.75) is 18.4 Å². The summed E-state index contributed by atoms with van der Waals surface area (Å²) in [5.74, 6) is -1.99. The van der Waals surface area contributed by atoms with Gasteiger partial charge in [-0.1, -0.05) is 12.1 Å². The zero-order chi connectivity index (χ0) is 26.7. The van der Waals surface area contributed by atoms with E-state index in [9.17, 15) is 19.2 Å². The molecule has 38 heavy (non-hydrogen) atoms. The molecule has 0 spiro atoms. The molecule has 1 atom stereocenters. The molecule has 3 amide bonds. The monoisotopic (exact) mass is 531 g/mol. The Bertz CT molecular complexity index is 1270. The number of hydrogen-bond donors (Lipinski definition) is 3. The molecule has 12 heteroatoms. The van der Waals surface area contributed by atoms with Gasteiger partial charge < -0.3 is 27.2 Å². The molecule has 0 bridgehead atoms. The number of rotatable bonds is 7. The van der Waals surface area contributed by atoms with Crippen LogP contribution >= 0.6 is 0 Å². The average Bonchev–Trinajstić information content (AvgIpc) is 3.13. The number of aromatic carboxylic acids is 1. The Labute approximate surface area is 243 Å². The molecular formula is C26H30N5NaO6. The third-order valence-corrected chi connectivity index (χ3v) is 6.88. The van der Waals surface area contributed by atoms with Crippen molar-refractivity contribution in [1.29, 1.82) is 0 Å². The number of likely N-dealkylation sites (N-methyl/N-ethyl adjacent to an activating group) is 1. The molecule has 2 aromatic carbocycles. The average molecular weight is 532 g/mol. The third kappa shape index (κ3) is 5.60. The topological polar surface area (TPSA) is 155 Å². The number of aliphatic imine (C=N–C) groups is 1. The van der Waals surface area contributed by atoms with Crippen molar-refractivity contribution in [2.75, 3.05) is 39.2 Å². The summed E-state index contributed by atoms with van der Waals surface area (Å²) in [4.78, 5) is 57.4. The SMILES string of the molecule is COCC(=O)Nc1cccc(C2(C3CCN(C(=O)c4ccc(C(=O)O)cc4)CC3)N=C(N)N(C)C2=O)c1.[H-].[Na+]. The quantitative estimate of drug-likeness (QED) is 0.372. The molecule has 0 aromatic heterocycles. The van der Waals surface area contributed by atoms with E-state index < -0.39 is 11.5 Å². The number of ether oxygens (including phenoxy) is 1. The van der Waals surface area contributed by atoms with Gasteiger partial charge >= 0.3 is 35.5 Å². The fourth-order valence-corrected chi connectivity index (χ4v) is 4.95. The van der Waals surface area contributed by atoms with E-state index in [1.807, 2.05) is 0 Å². The van der Waals surface area contributed by atoms with Crippen molar-refractivity contribution in [3.63, 3.8) is 0 Å². The molecule has 4 rings (SSSR count). The molecule has 0 aliphatic carbocycles. The van der Waals surface area contributed by atoms with Gasteiger partial charge in [0, 0.05) is 44.4 Å². The van der Waals surface area contributed by atoms with Crippen LogP contribution in [0.5, 0.6) is 0 Å². The van der Waals surface area contributed by atoms with Crippen LogP contribution in [0.2, 0.25) is 0 Å². The summed E-state index contributed by atoms with van der Waals surface area (Å²) in [6.45, 7) is 0.679. The molecule has 0 radical (unpaired) electrons. The van der Waals surface area contributed by atoms with E-state index in [1.54, 1.807) is 36.2 Å². The number of hydrogen-bond acceptors (Lipinski definition) is 7. The minimum absolute atomic E-state index is 0. The van der Waals surface area contributed by atoms with Gasteiger partial charge in [0.15, 0.2) is 11.5 Å². The number of methoxy groups -OCH3 is 1. The van der Waals surface area contributed by atoms with Crippen LogP contribution in [0.1, 0.15) is 40.5 Å². The molecule has 2 aromatic rings. The molecule has 2 heterocycles. The maximum absolute atomic E-state index is 13.6. The fraction of sp³-hybridized carbons (Fsp3) is 0.346. The first-order chi connectivity index (χ1) is 17.7. The summed E-state index contributed by atoms with van der Waals surface area (Å²) < 4.78 is 4.87. The number of nitrogens with one attached hydrogen (secondary N) is 1. The smallest absolute Gasteiger partial charge is 1.00 e. The maximum atomic E-state index is 13.6. The molecule has 0 saturated carbocycles. The number of likely N-dealkylation sites (tertiary alicyclic amines) is 1. The molecule has 1 fully saturated rings. The number of nitrogens with zero attached hydrogens (tertiary/aromatic N) is 3. The number of benzene rings is 2. The number of carbonyl (C=O) groups is 4. The van der Waals surface area contributed by atoms with E-state index in [4.69, 9.17) is 15.6 Å². The molecule has 2 aliphatic rings.